The van der Waals surface area contributed by atoms with Gasteiger partial charge in [0.25, 0.3) is 5.91 Å². The first-order valence-electron chi connectivity index (χ1n) is 11.6. The van der Waals surface area contributed by atoms with E-state index in [1.165, 1.54) is 0 Å². The van der Waals surface area contributed by atoms with Crippen LogP contribution in [0.3, 0.4) is 0 Å². The zero-order valence-corrected chi connectivity index (χ0v) is 20.3. The van der Waals surface area contributed by atoms with Crippen molar-refractivity contribution in [2.45, 2.75) is 19.1 Å². The van der Waals surface area contributed by atoms with Gasteiger partial charge in [0.2, 0.25) is 17.8 Å². The number of alkyl carbamates (subject to hydrolysis) is 1. The number of nitrogens with zero attached hydrogens (tertiary/aromatic N) is 3. The number of hydrogen-bond donors (Lipinski definition) is 6. The molecule has 2 aliphatic heterocycles. The van der Waals surface area contributed by atoms with Crippen molar-refractivity contribution in [1.82, 2.24) is 36.6 Å². The Bertz CT molecular complexity index is 1100. The van der Waals surface area contributed by atoms with Crippen LogP contribution in [-0.4, -0.2) is 102 Å². The van der Waals surface area contributed by atoms with Gasteiger partial charge in [-0.2, -0.15) is 0 Å². The van der Waals surface area contributed by atoms with Crippen LogP contribution in [0.4, 0.5) is 9.59 Å². The maximum Gasteiger partial charge on any atom is 0.408 e. The highest BCUT2D eigenvalue weighted by Gasteiger charge is 2.37. The van der Waals surface area contributed by atoms with Crippen LogP contribution in [0.5, 0.6) is 0 Å². The van der Waals surface area contributed by atoms with Crippen LogP contribution >= 0.6 is 0 Å². The summed E-state index contributed by atoms with van der Waals surface area (Å²) in [4.78, 5) is 78.3. The summed E-state index contributed by atoms with van der Waals surface area (Å²) in [5, 5.41) is 16.6. The minimum Gasteiger partial charge on any atom is -0.480 e. The summed E-state index contributed by atoms with van der Waals surface area (Å²) in [5.41, 5.74) is 5.71. The molecule has 0 radical (unpaired) electrons. The predicted molar refractivity (Wildman–Crippen MR) is 129 cm³/mol. The van der Waals surface area contributed by atoms with Crippen molar-refractivity contribution in [2.75, 3.05) is 39.3 Å². The van der Waals surface area contributed by atoms with Gasteiger partial charge in [-0.05, 0) is 5.56 Å². The number of carboxylic acids is 1. The molecule has 0 bridgehead atoms. The van der Waals surface area contributed by atoms with Crippen molar-refractivity contribution in [3.8, 4) is 0 Å². The number of nitrogens with one attached hydrogen (secondary N) is 5. The number of ether oxygens (including phenoxy) is 1. The van der Waals surface area contributed by atoms with E-state index in [1.807, 2.05) is 0 Å². The van der Waals surface area contributed by atoms with Gasteiger partial charge >= 0.3 is 18.1 Å². The quantitative estimate of drug-likeness (QED) is 0.133. The van der Waals surface area contributed by atoms with Gasteiger partial charge in [0.15, 0.2) is 0 Å². The highest BCUT2D eigenvalue weighted by molar-refractivity contribution is 6.04. The molecular formula is C22H28N8O8. The van der Waals surface area contributed by atoms with E-state index in [0.29, 0.717) is 29.5 Å². The number of hydrazine groups is 1. The molecule has 2 heterocycles. The number of carboxylic acid groups (broad SMARTS) is 1. The number of hydrogen-bond acceptors (Lipinski definition) is 10. The highest BCUT2D eigenvalue weighted by atomic mass is 16.5. The fourth-order valence-corrected chi connectivity index (χ4v) is 3.36. The number of aliphatic carboxylic acids is 1. The molecule has 1 atom stereocenters. The number of amides is 6. The van der Waals surface area contributed by atoms with Gasteiger partial charge in [0.05, 0.1) is 6.54 Å². The monoisotopic (exact) mass is 532 g/mol. The van der Waals surface area contributed by atoms with Crippen LogP contribution in [0, 0.1) is 0 Å². The van der Waals surface area contributed by atoms with Crippen LogP contribution in [0.1, 0.15) is 12.0 Å². The molecule has 0 spiro atoms. The molecule has 1 saturated heterocycles. The third-order valence-corrected chi connectivity index (χ3v) is 5.34. The highest BCUT2D eigenvalue weighted by Crippen LogP contribution is 2.10. The first kappa shape index (κ1) is 27.7. The average molecular weight is 533 g/mol. The Hall–Kier alpha value is -4.89. The number of benzene rings is 1. The maximum atomic E-state index is 12.5. The fraction of sp³-hybridized carbons (Fsp3) is 0.409. The number of imide groups is 1. The second-order valence-corrected chi connectivity index (χ2v) is 8.17. The first-order valence-corrected chi connectivity index (χ1v) is 11.6. The smallest absolute Gasteiger partial charge is 0.408 e. The standard InChI is InChI=1S/C22H28N8O8/c31-16(27-28-20-23-7-8-24-20)6-9-29-12-18(33)30(22(29)37)11-17(32)25-10-15(19(34)35)26-21(36)38-13-14-4-2-1-3-5-14/h1-5,15H,6-13H2,(H,25,32)(H,26,36)(H,27,31)(H,34,35)(H2,23,24,28). The van der Waals surface area contributed by atoms with Gasteiger partial charge in [-0.25, -0.2) is 14.4 Å². The molecule has 0 aliphatic carbocycles. The number of guanidine groups is 1. The number of carbonyl (C=O) groups excluding carboxylic acids is 5. The van der Waals surface area contributed by atoms with E-state index in [-0.39, 0.29) is 26.1 Å². The van der Waals surface area contributed by atoms with Crippen molar-refractivity contribution in [1.29, 1.82) is 0 Å². The van der Waals surface area contributed by atoms with Gasteiger partial charge in [-0.1, -0.05) is 30.3 Å². The van der Waals surface area contributed by atoms with Crippen LogP contribution < -0.4 is 26.8 Å². The Balaban J connectivity index is 1.39. The molecular weight excluding hydrogens is 504 g/mol. The first-order chi connectivity index (χ1) is 18.2. The molecule has 16 nitrogen and oxygen atoms in total. The molecule has 0 aromatic heterocycles. The van der Waals surface area contributed by atoms with Crippen LogP contribution in [0.25, 0.3) is 0 Å². The summed E-state index contributed by atoms with van der Waals surface area (Å²) in [6.45, 7) is -0.382. The zero-order chi connectivity index (χ0) is 27.5. The minimum atomic E-state index is -1.51. The van der Waals surface area contributed by atoms with Crippen molar-refractivity contribution in [2.24, 2.45) is 4.99 Å². The molecule has 1 aromatic carbocycles. The molecule has 204 valence electrons. The van der Waals surface area contributed by atoms with E-state index in [0.717, 1.165) is 4.90 Å². The summed E-state index contributed by atoms with van der Waals surface area (Å²) in [6, 6.07) is 6.47. The summed E-state index contributed by atoms with van der Waals surface area (Å²) in [7, 11) is 0. The van der Waals surface area contributed by atoms with Crippen LogP contribution in [0.2, 0.25) is 0 Å². The lowest BCUT2D eigenvalue weighted by atomic mass is 10.2. The largest absolute Gasteiger partial charge is 0.480 e. The Morgan fingerprint density at radius 2 is 1.89 bits per heavy atom. The van der Waals surface area contributed by atoms with Crippen LogP contribution in [0.15, 0.2) is 35.3 Å². The second-order valence-electron chi connectivity index (χ2n) is 8.17. The molecule has 3 rings (SSSR count). The topological polar surface area (TPSA) is 211 Å². The third-order valence-electron chi connectivity index (χ3n) is 5.34. The molecule has 0 saturated carbocycles. The number of carbonyl (C=O) groups is 6. The van der Waals surface area contributed by atoms with Crippen molar-refractivity contribution in [3.05, 3.63) is 35.9 Å². The lowest BCUT2D eigenvalue weighted by molar-refractivity contribution is -0.139. The zero-order valence-electron chi connectivity index (χ0n) is 20.3. The van der Waals surface area contributed by atoms with E-state index in [2.05, 4.69) is 31.8 Å². The average Bonchev–Trinajstić information content (AvgIpc) is 3.51. The lowest BCUT2D eigenvalue weighted by Gasteiger charge is -2.18. The van der Waals surface area contributed by atoms with Gasteiger partial charge < -0.3 is 30.7 Å². The summed E-state index contributed by atoms with van der Waals surface area (Å²) in [6.07, 6.45) is -1.10. The van der Waals surface area contributed by atoms with E-state index in [9.17, 15) is 33.9 Å². The molecule has 6 amide bonds. The van der Waals surface area contributed by atoms with E-state index in [1.54, 1.807) is 30.3 Å². The van der Waals surface area contributed by atoms with Gasteiger partial charge in [0.1, 0.15) is 25.7 Å². The van der Waals surface area contributed by atoms with E-state index in [4.69, 9.17) is 4.74 Å². The van der Waals surface area contributed by atoms with Gasteiger partial charge in [-0.3, -0.25) is 35.1 Å². The van der Waals surface area contributed by atoms with Gasteiger partial charge in [-0.15, -0.1) is 0 Å². The summed E-state index contributed by atoms with van der Waals surface area (Å²) < 4.78 is 4.97. The molecule has 1 unspecified atom stereocenters. The van der Waals surface area contributed by atoms with E-state index >= 15 is 0 Å². The SMILES string of the molecule is O=C(CN1C(=O)CN(CCC(=O)NNC2=NCCN2)C1=O)NCC(NC(=O)OCc1ccccc1)C(=O)O. The van der Waals surface area contributed by atoms with Crippen LogP contribution in [-0.2, 0) is 30.5 Å². The second kappa shape index (κ2) is 13.4. The summed E-state index contributed by atoms with van der Waals surface area (Å²) in [5.74, 6) is -2.90. The number of aliphatic imine (C=N–C) groups is 1. The fourth-order valence-electron chi connectivity index (χ4n) is 3.36. The Morgan fingerprint density at radius 3 is 2.58 bits per heavy atom. The van der Waals surface area contributed by atoms with Crippen molar-refractivity contribution >= 4 is 41.8 Å². The number of rotatable bonds is 11. The molecule has 1 aromatic rings. The minimum absolute atomic E-state index is 0.0633. The third kappa shape index (κ3) is 8.35. The summed E-state index contributed by atoms with van der Waals surface area (Å²) >= 11 is 0. The number of urea groups is 1. The Labute approximate surface area is 216 Å². The lowest BCUT2D eigenvalue weighted by Crippen LogP contribution is -2.50. The van der Waals surface area contributed by atoms with Crippen molar-refractivity contribution < 1.29 is 38.6 Å². The molecule has 16 heteroatoms. The predicted octanol–water partition coefficient (Wildman–Crippen LogP) is -2.28. The van der Waals surface area contributed by atoms with E-state index < -0.39 is 54.9 Å². The normalized spacial score (nSPS) is 15.3. The van der Waals surface area contributed by atoms with Crippen molar-refractivity contribution in [3.63, 3.8) is 0 Å². The molecule has 6 N–H and O–H groups in total. The Morgan fingerprint density at radius 1 is 1.13 bits per heavy atom. The van der Waals surface area contributed by atoms with Gasteiger partial charge in [0, 0.05) is 26.1 Å². The molecule has 2 aliphatic rings. The maximum absolute atomic E-state index is 12.5. The Kier molecular flexibility index (Phi) is 9.79. The molecule has 1 fully saturated rings. The molecule has 38 heavy (non-hydrogen) atoms.